The number of nitrogens with two attached hydrogens (primary N) is 1. The van der Waals surface area contributed by atoms with Crippen molar-refractivity contribution in [1.29, 1.82) is 0 Å². The van der Waals surface area contributed by atoms with Gasteiger partial charge in [-0.25, -0.2) is 9.97 Å². The summed E-state index contributed by atoms with van der Waals surface area (Å²) in [6.45, 7) is 3.44. The number of benzene rings is 1. The standard InChI is InChI=1S/C21H25N5OS.CH2O2/c22-19(27)17-8-4-10-25(14-17)11-5-12-26-13-9-23-20(26)21-24-18(15-28-21)16-6-2-1-3-7-16;2-1-3/h1-3,6-7,9,13,15,17H,4-5,8,10-12,14H2,(H2,22,27);1H,(H,2,3). The molecule has 4 rings (SSSR count). The second kappa shape index (κ2) is 11.4. The summed E-state index contributed by atoms with van der Waals surface area (Å²) in [5.74, 6) is 0.754. The van der Waals surface area contributed by atoms with Crippen LogP contribution in [0.2, 0.25) is 0 Å². The van der Waals surface area contributed by atoms with Gasteiger partial charge in [-0.3, -0.25) is 9.59 Å². The van der Waals surface area contributed by atoms with Crippen molar-refractivity contribution in [3.8, 4) is 22.1 Å². The molecular weight excluding hydrogens is 414 g/mol. The lowest BCUT2D eigenvalue weighted by molar-refractivity contribution is -0.124. The number of primary amides is 1. The molecule has 0 saturated carbocycles. The van der Waals surface area contributed by atoms with Crippen molar-refractivity contribution in [3.05, 3.63) is 48.1 Å². The molecule has 2 aromatic heterocycles. The van der Waals surface area contributed by atoms with Gasteiger partial charge in [0.2, 0.25) is 5.91 Å². The fraction of sp³-hybridized carbons (Fsp3) is 0.364. The number of rotatable bonds is 7. The number of aryl methyl sites for hydroxylation is 1. The summed E-state index contributed by atoms with van der Waals surface area (Å²) in [6.07, 6.45) is 6.83. The van der Waals surface area contributed by atoms with Gasteiger partial charge in [-0.2, -0.15) is 0 Å². The lowest BCUT2D eigenvalue weighted by Crippen LogP contribution is -2.41. The van der Waals surface area contributed by atoms with Gasteiger partial charge >= 0.3 is 0 Å². The third kappa shape index (κ3) is 6.22. The van der Waals surface area contributed by atoms with Crippen LogP contribution in [-0.2, 0) is 16.1 Å². The molecule has 1 aliphatic heterocycles. The Hall–Kier alpha value is -3.04. The van der Waals surface area contributed by atoms with Gasteiger partial charge in [0.05, 0.1) is 11.6 Å². The number of piperidine rings is 1. The number of hydrogen-bond donors (Lipinski definition) is 2. The molecule has 0 spiro atoms. The van der Waals surface area contributed by atoms with Crippen molar-refractivity contribution in [3.63, 3.8) is 0 Å². The highest BCUT2D eigenvalue weighted by atomic mass is 32.1. The number of thiazole rings is 1. The second-order valence-corrected chi connectivity index (χ2v) is 8.21. The summed E-state index contributed by atoms with van der Waals surface area (Å²) < 4.78 is 2.17. The smallest absolute Gasteiger partial charge is 0.290 e. The first-order valence-corrected chi connectivity index (χ1v) is 11.1. The number of hydrogen-bond acceptors (Lipinski definition) is 6. The third-order valence-corrected chi connectivity index (χ3v) is 6.10. The Morgan fingerprint density at radius 3 is 2.81 bits per heavy atom. The highest BCUT2D eigenvalue weighted by Gasteiger charge is 2.23. The van der Waals surface area contributed by atoms with Gasteiger partial charge < -0.3 is 20.3 Å². The monoisotopic (exact) mass is 441 g/mol. The summed E-state index contributed by atoms with van der Waals surface area (Å²) in [5.41, 5.74) is 7.59. The molecule has 1 atom stereocenters. The van der Waals surface area contributed by atoms with Gasteiger partial charge in [-0.15, -0.1) is 11.3 Å². The van der Waals surface area contributed by atoms with E-state index in [-0.39, 0.29) is 18.3 Å². The molecule has 31 heavy (non-hydrogen) atoms. The van der Waals surface area contributed by atoms with Gasteiger partial charge in [0.15, 0.2) is 10.8 Å². The van der Waals surface area contributed by atoms with Crippen molar-refractivity contribution in [1.82, 2.24) is 19.4 Å². The number of carboxylic acid groups (broad SMARTS) is 1. The number of amides is 1. The van der Waals surface area contributed by atoms with Crippen LogP contribution in [0.25, 0.3) is 22.1 Å². The molecule has 9 heteroatoms. The van der Waals surface area contributed by atoms with Crippen molar-refractivity contribution in [2.75, 3.05) is 19.6 Å². The Balaban J connectivity index is 0.000000858. The van der Waals surface area contributed by atoms with Gasteiger partial charge in [0.25, 0.3) is 6.47 Å². The molecule has 1 unspecified atom stereocenters. The molecule has 164 valence electrons. The van der Waals surface area contributed by atoms with Gasteiger partial charge in [-0.1, -0.05) is 30.3 Å². The molecule has 1 amide bonds. The summed E-state index contributed by atoms with van der Waals surface area (Å²) in [4.78, 5) is 31.5. The Kier molecular flexibility index (Phi) is 8.31. The molecule has 1 saturated heterocycles. The lowest BCUT2D eigenvalue weighted by atomic mass is 9.97. The van der Waals surface area contributed by atoms with Crippen LogP contribution in [0.5, 0.6) is 0 Å². The maximum absolute atomic E-state index is 11.4. The lowest BCUT2D eigenvalue weighted by Gasteiger charge is -2.31. The van der Waals surface area contributed by atoms with E-state index in [9.17, 15) is 4.79 Å². The zero-order chi connectivity index (χ0) is 22.1. The van der Waals surface area contributed by atoms with E-state index in [1.54, 1.807) is 11.3 Å². The van der Waals surface area contributed by atoms with Crippen LogP contribution < -0.4 is 5.73 Å². The van der Waals surface area contributed by atoms with E-state index in [0.29, 0.717) is 0 Å². The Morgan fingerprint density at radius 2 is 2.06 bits per heavy atom. The van der Waals surface area contributed by atoms with Crippen LogP contribution in [0.15, 0.2) is 48.1 Å². The van der Waals surface area contributed by atoms with E-state index in [1.165, 1.54) is 0 Å². The maximum Gasteiger partial charge on any atom is 0.290 e. The highest BCUT2D eigenvalue weighted by Crippen LogP contribution is 2.28. The zero-order valence-corrected chi connectivity index (χ0v) is 18.1. The first-order chi connectivity index (χ1) is 15.1. The molecule has 1 aromatic carbocycles. The van der Waals surface area contributed by atoms with Gasteiger partial charge in [0, 0.05) is 36.4 Å². The van der Waals surface area contributed by atoms with Crippen molar-refractivity contribution in [2.24, 2.45) is 11.7 Å². The number of aromatic nitrogens is 3. The number of nitrogens with zero attached hydrogens (tertiary/aromatic N) is 4. The van der Waals surface area contributed by atoms with E-state index < -0.39 is 0 Å². The topological polar surface area (TPSA) is 114 Å². The van der Waals surface area contributed by atoms with Gasteiger partial charge in [0.1, 0.15) is 0 Å². The Bertz CT molecular complexity index is 972. The number of likely N-dealkylation sites (tertiary alicyclic amines) is 1. The van der Waals surface area contributed by atoms with E-state index in [0.717, 1.165) is 67.5 Å². The van der Waals surface area contributed by atoms with E-state index in [4.69, 9.17) is 20.6 Å². The largest absolute Gasteiger partial charge is 0.483 e. The molecule has 3 N–H and O–H groups in total. The predicted molar refractivity (Wildman–Crippen MR) is 120 cm³/mol. The SMILES string of the molecule is NC(=O)C1CCCN(CCCn2ccnc2-c2nc(-c3ccccc3)cs2)C1.O=CO. The minimum Gasteiger partial charge on any atom is -0.483 e. The van der Waals surface area contributed by atoms with Crippen molar-refractivity contribution < 1.29 is 14.7 Å². The quantitative estimate of drug-likeness (QED) is 0.545. The van der Waals surface area contributed by atoms with Crippen molar-refractivity contribution >= 4 is 23.7 Å². The van der Waals surface area contributed by atoms with Crippen LogP contribution >= 0.6 is 11.3 Å². The summed E-state index contributed by atoms with van der Waals surface area (Å²) in [6, 6.07) is 10.2. The summed E-state index contributed by atoms with van der Waals surface area (Å²) in [7, 11) is 0. The molecule has 3 aromatic rings. The normalized spacial score (nSPS) is 16.3. The predicted octanol–water partition coefficient (Wildman–Crippen LogP) is 2.96. The zero-order valence-electron chi connectivity index (χ0n) is 17.3. The van der Waals surface area contributed by atoms with E-state index in [1.807, 2.05) is 30.6 Å². The molecule has 0 radical (unpaired) electrons. The van der Waals surface area contributed by atoms with Crippen LogP contribution in [0.3, 0.4) is 0 Å². The minimum atomic E-state index is -0.250. The molecule has 8 nitrogen and oxygen atoms in total. The Labute approximate surface area is 185 Å². The number of imidazole rings is 1. The molecule has 0 aliphatic carbocycles. The highest BCUT2D eigenvalue weighted by molar-refractivity contribution is 7.13. The summed E-state index contributed by atoms with van der Waals surface area (Å²) >= 11 is 1.63. The van der Waals surface area contributed by atoms with Crippen LogP contribution in [-0.4, -0.2) is 56.6 Å². The van der Waals surface area contributed by atoms with Crippen LogP contribution in [0.1, 0.15) is 19.3 Å². The fourth-order valence-electron chi connectivity index (χ4n) is 3.76. The van der Waals surface area contributed by atoms with Crippen LogP contribution in [0, 0.1) is 5.92 Å². The average molecular weight is 442 g/mol. The van der Waals surface area contributed by atoms with E-state index in [2.05, 4.69) is 32.0 Å². The molecule has 1 fully saturated rings. The molecule has 1 aliphatic rings. The first-order valence-electron chi connectivity index (χ1n) is 10.2. The summed E-state index contributed by atoms with van der Waals surface area (Å²) in [5, 5.41) is 9.91. The van der Waals surface area contributed by atoms with E-state index >= 15 is 0 Å². The first kappa shape index (κ1) is 22.6. The molecular formula is C22H27N5O3S. The third-order valence-electron chi connectivity index (χ3n) is 5.26. The maximum atomic E-state index is 11.4. The fourth-order valence-corrected chi connectivity index (χ4v) is 4.60. The van der Waals surface area contributed by atoms with Crippen LogP contribution in [0.4, 0.5) is 0 Å². The second-order valence-electron chi connectivity index (χ2n) is 7.35. The van der Waals surface area contributed by atoms with Gasteiger partial charge in [-0.05, 0) is 32.4 Å². The average Bonchev–Trinajstić information content (AvgIpc) is 3.45. The minimum absolute atomic E-state index is 0.00397. The molecule has 0 bridgehead atoms. The van der Waals surface area contributed by atoms with Crippen molar-refractivity contribution in [2.45, 2.75) is 25.8 Å². The molecule has 3 heterocycles. The number of carbonyl (C=O) groups is 2. The Morgan fingerprint density at radius 1 is 1.29 bits per heavy atom. The number of carbonyl (C=O) groups excluding carboxylic acids is 1.